The van der Waals surface area contributed by atoms with Gasteiger partial charge in [-0.1, -0.05) is 43.2 Å². The predicted molar refractivity (Wildman–Crippen MR) is 79.9 cm³/mol. The number of fused-ring (bicyclic) bond motifs is 1. The molecule has 0 radical (unpaired) electrons. The first kappa shape index (κ1) is 13.6. The molecule has 1 heterocycles. The molecular weight excluding hydrogens is 246 g/mol. The van der Waals surface area contributed by atoms with Crippen molar-refractivity contribution in [2.45, 2.75) is 43.7 Å². The fourth-order valence-electron chi connectivity index (χ4n) is 3.95. The molecule has 2 N–H and O–H groups in total. The Hall–Kier alpha value is -1.37. The van der Waals surface area contributed by atoms with Crippen molar-refractivity contribution in [2.24, 2.45) is 11.7 Å². The largest absolute Gasteiger partial charge is 0.309 e. The summed E-state index contributed by atoms with van der Waals surface area (Å²) < 4.78 is 0. The minimum Gasteiger partial charge on any atom is -0.309 e. The topological polar surface area (TPSA) is 53.1 Å². The molecule has 20 heavy (non-hydrogen) atoms. The molecule has 0 aromatic heterocycles. The molecule has 1 saturated heterocycles. The van der Waals surface area contributed by atoms with Crippen molar-refractivity contribution in [1.29, 1.82) is 5.26 Å². The Morgan fingerprint density at radius 1 is 1.20 bits per heavy atom. The molecule has 3 unspecified atom stereocenters. The molecule has 2 fully saturated rings. The van der Waals surface area contributed by atoms with E-state index in [0.717, 1.165) is 18.0 Å². The summed E-state index contributed by atoms with van der Waals surface area (Å²) in [5.74, 6) is 0.836. The molecule has 106 valence electrons. The molecule has 0 bridgehead atoms. The van der Waals surface area contributed by atoms with E-state index in [1.165, 1.54) is 32.1 Å². The number of hydrogen-bond donors (Lipinski definition) is 1. The number of nitrogens with zero attached hydrogens (tertiary/aromatic N) is 2. The SMILES string of the molecule is N#CC(N)(CN1CCC2CCCCC21)c1ccccc1. The van der Waals surface area contributed by atoms with Crippen LogP contribution in [0.3, 0.4) is 0 Å². The highest BCUT2D eigenvalue weighted by atomic mass is 15.2. The van der Waals surface area contributed by atoms with Crippen LogP contribution in [-0.4, -0.2) is 24.0 Å². The first-order valence-electron chi connectivity index (χ1n) is 7.73. The number of nitrogens with two attached hydrogens (primary N) is 1. The van der Waals surface area contributed by atoms with Gasteiger partial charge in [0.05, 0.1) is 6.07 Å². The average molecular weight is 269 g/mol. The van der Waals surface area contributed by atoms with E-state index in [1.54, 1.807) is 0 Å². The fourth-order valence-corrected chi connectivity index (χ4v) is 3.95. The molecular formula is C17H23N3. The first-order valence-corrected chi connectivity index (χ1v) is 7.73. The quantitative estimate of drug-likeness (QED) is 0.917. The van der Waals surface area contributed by atoms with Gasteiger partial charge in [-0.05, 0) is 37.3 Å². The van der Waals surface area contributed by atoms with Crippen LogP contribution in [0.5, 0.6) is 0 Å². The van der Waals surface area contributed by atoms with Crippen molar-refractivity contribution in [1.82, 2.24) is 4.90 Å². The normalized spacial score (nSPS) is 29.4. The average Bonchev–Trinajstić information content (AvgIpc) is 2.91. The highest BCUT2D eigenvalue weighted by Crippen LogP contribution is 2.37. The maximum absolute atomic E-state index is 9.59. The summed E-state index contributed by atoms with van der Waals surface area (Å²) in [7, 11) is 0. The number of rotatable bonds is 3. The van der Waals surface area contributed by atoms with Crippen LogP contribution in [-0.2, 0) is 5.54 Å². The number of benzene rings is 1. The van der Waals surface area contributed by atoms with Crippen molar-refractivity contribution in [3.05, 3.63) is 35.9 Å². The number of likely N-dealkylation sites (tertiary alicyclic amines) is 1. The van der Waals surface area contributed by atoms with Crippen molar-refractivity contribution >= 4 is 0 Å². The molecule has 1 saturated carbocycles. The van der Waals surface area contributed by atoms with E-state index in [-0.39, 0.29) is 0 Å². The van der Waals surface area contributed by atoms with Crippen LogP contribution in [0, 0.1) is 17.2 Å². The fraction of sp³-hybridized carbons (Fsp3) is 0.588. The van der Waals surface area contributed by atoms with Crippen molar-refractivity contribution in [3.8, 4) is 6.07 Å². The molecule has 3 atom stereocenters. The van der Waals surface area contributed by atoms with Gasteiger partial charge in [0.1, 0.15) is 5.54 Å². The Labute approximate surface area is 121 Å². The lowest BCUT2D eigenvalue weighted by Gasteiger charge is -2.35. The summed E-state index contributed by atoms with van der Waals surface area (Å²) in [4.78, 5) is 2.47. The number of nitriles is 1. The lowest BCUT2D eigenvalue weighted by Crippen LogP contribution is -2.49. The van der Waals surface area contributed by atoms with Gasteiger partial charge >= 0.3 is 0 Å². The maximum atomic E-state index is 9.59. The minimum absolute atomic E-state index is 0.656. The van der Waals surface area contributed by atoms with E-state index < -0.39 is 5.54 Å². The molecule has 1 aliphatic heterocycles. The zero-order valence-corrected chi connectivity index (χ0v) is 12.0. The van der Waals surface area contributed by atoms with E-state index >= 15 is 0 Å². The smallest absolute Gasteiger partial charge is 0.142 e. The third-order valence-corrected chi connectivity index (χ3v) is 5.07. The first-order chi connectivity index (χ1) is 9.73. The summed E-state index contributed by atoms with van der Waals surface area (Å²) >= 11 is 0. The molecule has 3 heteroatoms. The van der Waals surface area contributed by atoms with E-state index in [0.29, 0.717) is 12.6 Å². The minimum atomic E-state index is -0.881. The third-order valence-electron chi connectivity index (χ3n) is 5.07. The van der Waals surface area contributed by atoms with Crippen molar-refractivity contribution in [3.63, 3.8) is 0 Å². The Morgan fingerprint density at radius 3 is 2.70 bits per heavy atom. The molecule has 0 amide bonds. The van der Waals surface area contributed by atoms with Gasteiger partial charge in [0.2, 0.25) is 0 Å². The zero-order valence-electron chi connectivity index (χ0n) is 12.0. The molecule has 2 aliphatic rings. The zero-order chi connectivity index (χ0) is 14.0. The summed E-state index contributed by atoms with van der Waals surface area (Å²) in [6.45, 7) is 1.76. The second kappa shape index (κ2) is 5.55. The maximum Gasteiger partial charge on any atom is 0.142 e. The third kappa shape index (κ3) is 2.46. The molecule has 3 nitrogen and oxygen atoms in total. The van der Waals surface area contributed by atoms with Crippen LogP contribution >= 0.6 is 0 Å². The Bertz CT molecular complexity index is 493. The summed E-state index contributed by atoms with van der Waals surface area (Å²) in [5, 5.41) is 9.59. The molecule has 1 aromatic carbocycles. The molecule has 1 aromatic rings. The Morgan fingerprint density at radius 2 is 1.95 bits per heavy atom. The van der Waals surface area contributed by atoms with Gasteiger partial charge < -0.3 is 5.73 Å². The Balaban J connectivity index is 1.77. The summed E-state index contributed by atoms with van der Waals surface area (Å²) in [6.07, 6.45) is 6.62. The van der Waals surface area contributed by atoms with Gasteiger partial charge in [0, 0.05) is 12.6 Å². The van der Waals surface area contributed by atoms with Crippen LogP contribution in [0.4, 0.5) is 0 Å². The van der Waals surface area contributed by atoms with E-state index in [2.05, 4.69) is 11.0 Å². The van der Waals surface area contributed by atoms with Gasteiger partial charge in [0.25, 0.3) is 0 Å². The molecule has 3 rings (SSSR count). The lowest BCUT2D eigenvalue weighted by atomic mass is 9.84. The monoisotopic (exact) mass is 269 g/mol. The van der Waals surface area contributed by atoms with E-state index in [9.17, 15) is 5.26 Å². The molecule has 0 spiro atoms. The standard InChI is InChI=1S/C17H23N3/c18-12-17(19,15-7-2-1-3-8-15)13-20-11-10-14-6-4-5-9-16(14)20/h1-3,7-8,14,16H,4-6,9-11,13,19H2. The lowest BCUT2D eigenvalue weighted by molar-refractivity contribution is 0.161. The summed E-state index contributed by atoms with van der Waals surface area (Å²) in [6, 6.07) is 12.8. The van der Waals surface area contributed by atoms with Crippen molar-refractivity contribution < 1.29 is 0 Å². The van der Waals surface area contributed by atoms with Crippen LogP contribution < -0.4 is 5.73 Å². The van der Waals surface area contributed by atoms with Crippen LogP contribution in [0.25, 0.3) is 0 Å². The van der Waals surface area contributed by atoms with E-state index in [1.807, 2.05) is 30.3 Å². The highest BCUT2D eigenvalue weighted by molar-refractivity contribution is 5.31. The second-order valence-corrected chi connectivity index (χ2v) is 6.32. The van der Waals surface area contributed by atoms with Crippen LogP contribution in [0.15, 0.2) is 30.3 Å². The second-order valence-electron chi connectivity index (χ2n) is 6.32. The van der Waals surface area contributed by atoms with Crippen molar-refractivity contribution in [2.75, 3.05) is 13.1 Å². The summed E-state index contributed by atoms with van der Waals surface area (Å²) in [5.41, 5.74) is 6.47. The van der Waals surface area contributed by atoms with Gasteiger partial charge in [-0.2, -0.15) is 5.26 Å². The number of hydrogen-bond acceptors (Lipinski definition) is 3. The molecule has 1 aliphatic carbocycles. The van der Waals surface area contributed by atoms with Crippen LogP contribution in [0.1, 0.15) is 37.7 Å². The highest BCUT2D eigenvalue weighted by Gasteiger charge is 2.40. The van der Waals surface area contributed by atoms with E-state index in [4.69, 9.17) is 5.73 Å². The van der Waals surface area contributed by atoms with Crippen LogP contribution in [0.2, 0.25) is 0 Å². The van der Waals surface area contributed by atoms with Gasteiger partial charge in [-0.15, -0.1) is 0 Å². The van der Waals surface area contributed by atoms with Gasteiger partial charge in [0.15, 0.2) is 0 Å². The van der Waals surface area contributed by atoms with Gasteiger partial charge in [-0.3, -0.25) is 4.90 Å². The Kier molecular flexibility index (Phi) is 3.78. The van der Waals surface area contributed by atoms with Gasteiger partial charge in [-0.25, -0.2) is 0 Å². The predicted octanol–water partition coefficient (Wildman–Crippen LogP) is 2.63.